The summed E-state index contributed by atoms with van der Waals surface area (Å²) in [5, 5.41) is 10.2. The van der Waals surface area contributed by atoms with E-state index in [1.807, 2.05) is 36.7 Å². The fourth-order valence-electron chi connectivity index (χ4n) is 6.04. The topological polar surface area (TPSA) is 43.6 Å². The average Bonchev–Trinajstić information content (AvgIpc) is 3.57. The van der Waals surface area contributed by atoms with E-state index in [4.69, 9.17) is 10.2 Å². The van der Waals surface area contributed by atoms with Crippen molar-refractivity contribution in [2.75, 3.05) is 0 Å². The van der Waals surface area contributed by atoms with Crippen molar-refractivity contribution < 1.29 is 0 Å². The number of hydrogen-bond donors (Lipinski definition) is 0. The summed E-state index contributed by atoms with van der Waals surface area (Å²) < 4.78 is 0. The highest BCUT2D eigenvalue weighted by Crippen LogP contribution is 2.40. The molecule has 0 atom stereocenters. The van der Waals surface area contributed by atoms with Crippen LogP contribution in [0.4, 0.5) is 0 Å². The summed E-state index contributed by atoms with van der Waals surface area (Å²) in [6, 6.07) is 55.0. The van der Waals surface area contributed by atoms with Crippen LogP contribution in [0.25, 0.3) is 72.4 Å². The van der Waals surface area contributed by atoms with Crippen molar-refractivity contribution in [3.8, 4) is 61.3 Å². The molecular weight excluding hydrogens is 548 g/mol. The van der Waals surface area contributed by atoms with Gasteiger partial charge < -0.3 is 0 Å². The second kappa shape index (κ2) is 11.5. The first-order valence-corrected chi connectivity index (χ1v) is 15.0. The van der Waals surface area contributed by atoms with Crippen LogP contribution in [0, 0.1) is 0 Å². The van der Waals surface area contributed by atoms with Crippen molar-refractivity contribution in [1.29, 1.82) is 0 Å². The molecule has 45 heavy (non-hydrogen) atoms. The molecule has 212 valence electrons. The van der Waals surface area contributed by atoms with E-state index in [2.05, 4.69) is 138 Å². The Labute approximate surface area is 261 Å². The average molecular weight is 577 g/mol. The minimum Gasteiger partial charge on any atom is -0.265 e. The van der Waals surface area contributed by atoms with Gasteiger partial charge in [0.05, 0.1) is 5.69 Å². The van der Waals surface area contributed by atoms with E-state index in [0.29, 0.717) is 0 Å². The number of nitrogens with zero attached hydrogens (tertiary/aromatic N) is 4. The molecule has 0 aliphatic heterocycles. The summed E-state index contributed by atoms with van der Waals surface area (Å²) in [5.74, 6) is 0. The van der Waals surface area contributed by atoms with Crippen molar-refractivity contribution in [2.24, 2.45) is 0 Å². The van der Waals surface area contributed by atoms with Gasteiger partial charge >= 0.3 is 0 Å². The molecule has 0 unspecified atom stereocenters. The first-order valence-electron chi connectivity index (χ1n) is 15.0. The number of hydrogen-bond acceptors (Lipinski definition) is 3. The van der Waals surface area contributed by atoms with Crippen LogP contribution in [-0.4, -0.2) is 20.0 Å². The van der Waals surface area contributed by atoms with Crippen molar-refractivity contribution in [3.63, 3.8) is 0 Å². The highest BCUT2D eigenvalue weighted by atomic mass is 15.5. The lowest BCUT2D eigenvalue weighted by molar-refractivity contribution is 0.766. The maximum atomic E-state index is 5.14. The molecule has 0 spiro atoms. The van der Waals surface area contributed by atoms with Gasteiger partial charge in [-0.1, -0.05) is 121 Å². The highest BCUT2D eigenvalue weighted by molar-refractivity contribution is 6.01. The fraction of sp³-hybridized carbons (Fsp3) is 0. The molecule has 0 N–H and O–H groups in total. The van der Waals surface area contributed by atoms with Crippen LogP contribution in [0.15, 0.2) is 170 Å². The third kappa shape index (κ3) is 5.09. The van der Waals surface area contributed by atoms with Gasteiger partial charge in [0.2, 0.25) is 0 Å². The third-order valence-corrected chi connectivity index (χ3v) is 8.20. The molecule has 0 radical (unpaired) electrons. The van der Waals surface area contributed by atoms with Gasteiger partial charge in [-0.05, 0) is 86.5 Å². The van der Waals surface area contributed by atoms with Crippen LogP contribution >= 0.6 is 0 Å². The highest BCUT2D eigenvalue weighted by Gasteiger charge is 2.18. The maximum Gasteiger partial charge on any atom is 0.121 e. The maximum absolute atomic E-state index is 5.14. The Morgan fingerprint density at radius 1 is 0.356 bits per heavy atom. The van der Waals surface area contributed by atoms with Crippen LogP contribution in [0.3, 0.4) is 0 Å². The molecule has 8 aromatic rings. The molecule has 0 bridgehead atoms. The fourth-order valence-corrected chi connectivity index (χ4v) is 6.04. The number of benzene rings is 6. The molecule has 0 saturated heterocycles. The Morgan fingerprint density at radius 3 is 1.58 bits per heavy atom. The number of aromatic nitrogens is 4. The van der Waals surface area contributed by atoms with Crippen molar-refractivity contribution in [2.45, 2.75) is 0 Å². The summed E-state index contributed by atoms with van der Waals surface area (Å²) in [6.07, 6.45) is 3.63. The van der Waals surface area contributed by atoms with E-state index in [1.165, 1.54) is 11.1 Å². The summed E-state index contributed by atoms with van der Waals surface area (Å²) in [4.78, 5) is 5.94. The largest absolute Gasteiger partial charge is 0.265 e. The van der Waals surface area contributed by atoms with Gasteiger partial charge in [-0.3, -0.25) is 4.98 Å². The minimum absolute atomic E-state index is 0.836. The number of pyridine rings is 1. The molecule has 4 nitrogen and oxygen atoms in total. The Bertz CT molecular complexity index is 2260. The molecule has 2 aromatic heterocycles. The third-order valence-electron chi connectivity index (χ3n) is 8.20. The van der Waals surface area contributed by atoms with Gasteiger partial charge in [-0.15, -0.1) is 10.2 Å². The Morgan fingerprint density at radius 2 is 0.911 bits per heavy atom. The van der Waals surface area contributed by atoms with E-state index in [1.54, 1.807) is 4.80 Å². The van der Waals surface area contributed by atoms with E-state index >= 15 is 0 Å². The van der Waals surface area contributed by atoms with E-state index in [9.17, 15) is 0 Å². The molecule has 8 rings (SSSR count). The molecule has 0 amide bonds. The van der Waals surface area contributed by atoms with Gasteiger partial charge in [-0.25, -0.2) is 0 Å². The number of rotatable bonds is 6. The predicted octanol–water partition coefficient (Wildman–Crippen LogP) is 10.2. The van der Waals surface area contributed by atoms with Crippen LogP contribution in [-0.2, 0) is 0 Å². The molecule has 0 fully saturated rings. The van der Waals surface area contributed by atoms with Crippen LogP contribution < -0.4 is 0 Å². The van der Waals surface area contributed by atoms with Crippen molar-refractivity contribution >= 4 is 11.0 Å². The lowest BCUT2D eigenvalue weighted by atomic mass is 9.89. The Hall–Kier alpha value is -6.13. The summed E-state index contributed by atoms with van der Waals surface area (Å²) in [6.45, 7) is 0. The zero-order valence-corrected chi connectivity index (χ0v) is 24.5. The summed E-state index contributed by atoms with van der Waals surface area (Å²) >= 11 is 0. The SMILES string of the molecule is c1ccc(-c2ccccc2-c2cc(-c3ccccc3-c3ccccc3)c3nn(-c4cccc(-c5ccncc5)c4)nc3c2)cc1. The van der Waals surface area contributed by atoms with Crippen molar-refractivity contribution in [3.05, 3.63) is 170 Å². The Kier molecular flexibility index (Phi) is 6.78. The molecule has 0 aliphatic carbocycles. The van der Waals surface area contributed by atoms with E-state index in [-0.39, 0.29) is 0 Å². The molecule has 4 heteroatoms. The monoisotopic (exact) mass is 576 g/mol. The molecule has 2 heterocycles. The van der Waals surface area contributed by atoms with Crippen LogP contribution in [0.1, 0.15) is 0 Å². The first kappa shape index (κ1) is 26.5. The zero-order valence-electron chi connectivity index (χ0n) is 24.5. The first-order chi connectivity index (χ1) is 22.3. The lowest BCUT2D eigenvalue weighted by Crippen LogP contribution is -1.98. The standard InChI is InChI=1S/C41H28N4/c1-3-12-30(13-4-1)35-18-7-8-20-37(35)33-27-39(38-21-10-9-19-36(38)31-14-5-2-6-15-31)41-40(28-33)43-45(44-41)34-17-11-16-32(26-34)29-22-24-42-25-23-29/h1-28H. The molecule has 0 saturated carbocycles. The lowest BCUT2D eigenvalue weighted by Gasteiger charge is -2.14. The van der Waals surface area contributed by atoms with Gasteiger partial charge in [0.1, 0.15) is 11.0 Å². The van der Waals surface area contributed by atoms with Gasteiger partial charge in [0.15, 0.2) is 0 Å². The quantitative estimate of drug-likeness (QED) is 0.198. The normalized spacial score (nSPS) is 11.1. The molecule has 6 aromatic carbocycles. The minimum atomic E-state index is 0.836. The van der Waals surface area contributed by atoms with E-state index < -0.39 is 0 Å². The van der Waals surface area contributed by atoms with Gasteiger partial charge in [0, 0.05) is 18.0 Å². The summed E-state index contributed by atoms with van der Waals surface area (Å²) in [5.41, 5.74) is 13.8. The predicted molar refractivity (Wildman–Crippen MR) is 184 cm³/mol. The van der Waals surface area contributed by atoms with Gasteiger partial charge in [0.25, 0.3) is 0 Å². The zero-order chi connectivity index (χ0) is 30.0. The Balaban J connectivity index is 1.36. The van der Waals surface area contributed by atoms with Gasteiger partial charge in [-0.2, -0.15) is 4.80 Å². The van der Waals surface area contributed by atoms with Crippen LogP contribution in [0.2, 0.25) is 0 Å². The second-order valence-corrected chi connectivity index (χ2v) is 11.0. The smallest absolute Gasteiger partial charge is 0.121 e. The molecular formula is C41H28N4. The number of fused-ring (bicyclic) bond motifs is 1. The summed E-state index contributed by atoms with van der Waals surface area (Å²) in [7, 11) is 0. The van der Waals surface area contributed by atoms with Crippen molar-refractivity contribution in [1.82, 2.24) is 20.0 Å². The van der Waals surface area contributed by atoms with Crippen LogP contribution in [0.5, 0.6) is 0 Å². The second-order valence-electron chi connectivity index (χ2n) is 11.0. The van der Waals surface area contributed by atoms with E-state index in [0.717, 1.165) is 61.2 Å². The molecule has 0 aliphatic rings.